The topological polar surface area (TPSA) is 58.2 Å². The highest BCUT2D eigenvalue weighted by atomic mass is 35.5. The molecule has 5 nitrogen and oxygen atoms in total. The summed E-state index contributed by atoms with van der Waals surface area (Å²) in [6, 6.07) is 9.08. The Morgan fingerprint density at radius 1 is 1.48 bits per heavy atom. The van der Waals surface area contributed by atoms with E-state index >= 15 is 0 Å². The van der Waals surface area contributed by atoms with Gasteiger partial charge >= 0.3 is 0 Å². The molecule has 1 N–H and O–H groups in total. The van der Waals surface area contributed by atoms with Crippen LogP contribution < -0.4 is 0 Å². The van der Waals surface area contributed by atoms with Crippen LogP contribution in [0.3, 0.4) is 0 Å². The normalized spacial score (nSPS) is 12.2. The third kappa shape index (κ3) is 3.43. The van der Waals surface area contributed by atoms with Gasteiger partial charge in [0.1, 0.15) is 5.69 Å². The second-order valence-corrected chi connectivity index (χ2v) is 5.27. The zero-order chi connectivity index (χ0) is 15.4. The van der Waals surface area contributed by atoms with Crippen LogP contribution in [0.5, 0.6) is 0 Å². The highest BCUT2D eigenvalue weighted by Crippen LogP contribution is 2.26. The Bertz CT molecular complexity index is 627. The van der Waals surface area contributed by atoms with Crippen LogP contribution in [0, 0.1) is 0 Å². The summed E-state index contributed by atoms with van der Waals surface area (Å²) < 4.78 is 5.06. The maximum absolute atomic E-state index is 12.4. The van der Waals surface area contributed by atoms with Crippen LogP contribution in [0.1, 0.15) is 17.4 Å². The Morgan fingerprint density at radius 2 is 2.19 bits per heavy atom. The SMILES string of the molecule is COC[C@H](C)N(C)C(=O)c1cc(-c2ccccc2Cl)n[nH]1. The minimum absolute atomic E-state index is 0.0189. The lowest BCUT2D eigenvalue weighted by Crippen LogP contribution is -2.38. The largest absolute Gasteiger partial charge is 0.383 e. The first kappa shape index (κ1) is 15.5. The lowest BCUT2D eigenvalue weighted by Gasteiger charge is -2.23. The molecule has 1 atom stereocenters. The van der Waals surface area contributed by atoms with Crippen molar-refractivity contribution in [1.29, 1.82) is 0 Å². The van der Waals surface area contributed by atoms with Gasteiger partial charge in [0.15, 0.2) is 0 Å². The fourth-order valence-electron chi connectivity index (χ4n) is 1.98. The fraction of sp³-hybridized carbons (Fsp3) is 0.333. The number of carbonyl (C=O) groups is 1. The van der Waals surface area contributed by atoms with Gasteiger partial charge in [0, 0.05) is 19.7 Å². The van der Waals surface area contributed by atoms with Gasteiger partial charge < -0.3 is 9.64 Å². The molecule has 1 aromatic carbocycles. The molecule has 0 bridgehead atoms. The number of nitrogens with one attached hydrogen (secondary N) is 1. The third-order valence-electron chi connectivity index (χ3n) is 3.35. The Kier molecular flexibility index (Phi) is 4.98. The zero-order valence-corrected chi connectivity index (χ0v) is 13.0. The van der Waals surface area contributed by atoms with E-state index in [4.69, 9.17) is 16.3 Å². The first-order valence-electron chi connectivity index (χ1n) is 6.61. The lowest BCUT2D eigenvalue weighted by atomic mass is 10.1. The van der Waals surface area contributed by atoms with E-state index < -0.39 is 0 Å². The first-order valence-corrected chi connectivity index (χ1v) is 6.98. The van der Waals surface area contributed by atoms with Crippen molar-refractivity contribution in [2.75, 3.05) is 20.8 Å². The maximum atomic E-state index is 12.4. The number of ether oxygens (including phenoxy) is 1. The number of aromatic nitrogens is 2. The molecule has 0 unspecified atom stereocenters. The zero-order valence-electron chi connectivity index (χ0n) is 12.3. The highest BCUT2D eigenvalue weighted by Gasteiger charge is 2.20. The monoisotopic (exact) mass is 307 g/mol. The summed E-state index contributed by atoms with van der Waals surface area (Å²) in [5, 5.41) is 7.54. The molecule has 0 saturated carbocycles. The van der Waals surface area contributed by atoms with Gasteiger partial charge in [-0.1, -0.05) is 29.8 Å². The average molecular weight is 308 g/mol. The number of methoxy groups -OCH3 is 1. The van der Waals surface area contributed by atoms with Gasteiger partial charge in [-0.05, 0) is 19.1 Å². The summed E-state index contributed by atoms with van der Waals surface area (Å²) in [4.78, 5) is 14.0. The molecule has 0 saturated heterocycles. The second-order valence-electron chi connectivity index (χ2n) is 4.87. The number of nitrogens with zero attached hydrogens (tertiary/aromatic N) is 2. The third-order valence-corrected chi connectivity index (χ3v) is 3.68. The van der Waals surface area contributed by atoms with Crippen molar-refractivity contribution < 1.29 is 9.53 Å². The van der Waals surface area contributed by atoms with Gasteiger partial charge in [-0.25, -0.2) is 0 Å². The van der Waals surface area contributed by atoms with Crippen molar-refractivity contribution in [2.24, 2.45) is 0 Å². The second kappa shape index (κ2) is 6.74. The summed E-state index contributed by atoms with van der Waals surface area (Å²) in [5.41, 5.74) is 1.87. The number of hydrogen-bond acceptors (Lipinski definition) is 3. The number of rotatable bonds is 5. The Hall–Kier alpha value is -1.85. The van der Waals surface area contributed by atoms with E-state index in [-0.39, 0.29) is 11.9 Å². The molecule has 1 amide bonds. The van der Waals surface area contributed by atoms with Crippen LogP contribution >= 0.6 is 11.6 Å². The summed E-state index contributed by atoms with van der Waals surface area (Å²) in [6.45, 7) is 2.40. The molecule has 112 valence electrons. The number of aromatic amines is 1. The van der Waals surface area contributed by atoms with Gasteiger partial charge in [0.2, 0.25) is 0 Å². The number of carbonyl (C=O) groups excluding carboxylic acids is 1. The van der Waals surface area contributed by atoms with Crippen molar-refractivity contribution in [1.82, 2.24) is 15.1 Å². The van der Waals surface area contributed by atoms with E-state index in [9.17, 15) is 4.79 Å². The Morgan fingerprint density at radius 3 is 2.86 bits per heavy atom. The summed E-state index contributed by atoms with van der Waals surface area (Å²) in [7, 11) is 3.35. The van der Waals surface area contributed by atoms with Crippen LogP contribution in [0.25, 0.3) is 11.3 Å². The summed E-state index contributed by atoms with van der Waals surface area (Å²) >= 11 is 6.14. The molecule has 1 aromatic heterocycles. The first-order chi connectivity index (χ1) is 10.0. The molecule has 0 aliphatic carbocycles. The van der Waals surface area contributed by atoms with E-state index in [2.05, 4.69) is 10.2 Å². The molecule has 0 aliphatic rings. The number of benzene rings is 1. The lowest BCUT2D eigenvalue weighted by molar-refractivity contribution is 0.0628. The van der Waals surface area contributed by atoms with E-state index in [0.29, 0.717) is 23.0 Å². The van der Waals surface area contributed by atoms with Crippen molar-refractivity contribution in [3.63, 3.8) is 0 Å². The van der Waals surface area contributed by atoms with Crippen molar-refractivity contribution in [2.45, 2.75) is 13.0 Å². The van der Waals surface area contributed by atoms with E-state index in [1.807, 2.05) is 25.1 Å². The highest BCUT2D eigenvalue weighted by molar-refractivity contribution is 6.33. The Balaban J connectivity index is 2.20. The number of halogens is 1. The number of likely N-dealkylation sites (N-methyl/N-ethyl adjacent to an activating group) is 1. The molecule has 2 aromatic rings. The molecule has 1 heterocycles. The van der Waals surface area contributed by atoms with Crippen LogP contribution in [0.4, 0.5) is 0 Å². The molecule has 0 radical (unpaired) electrons. The molecule has 0 aliphatic heterocycles. The molecule has 21 heavy (non-hydrogen) atoms. The molecular formula is C15H18ClN3O2. The van der Waals surface area contributed by atoms with E-state index in [1.165, 1.54) is 0 Å². The van der Waals surface area contributed by atoms with E-state index in [0.717, 1.165) is 5.56 Å². The summed E-state index contributed by atoms with van der Waals surface area (Å²) in [6.07, 6.45) is 0. The number of hydrogen-bond donors (Lipinski definition) is 1. The van der Waals surface area contributed by atoms with Gasteiger partial charge in [0.25, 0.3) is 5.91 Å². The molecule has 0 spiro atoms. The van der Waals surface area contributed by atoms with Gasteiger partial charge in [-0.3, -0.25) is 9.89 Å². The van der Waals surface area contributed by atoms with Crippen LogP contribution in [-0.4, -0.2) is 47.8 Å². The minimum Gasteiger partial charge on any atom is -0.383 e. The predicted molar refractivity (Wildman–Crippen MR) is 82.5 cm³/mol. The standard InChI is InChI=1S/C15H18ClN3O2/c1-10(9-21-3)19(2)15(20)14-8-13(17-18-14)11-6-4-5-7-12(11)16/h4-8,10H,9H2,1-3H3,(H,17,18)/t10-/m0/s1. The van der Waals surface area contributed by atoms with Crippen LogP contribution in [-0.2, 0) is 4.74 Å². The molecule has 6 heteroatoms. The van der Waals surface area contributed by atoms with Crippen LogP contribution in [0.2, 0.25) is 5.02 Å². The smallest absolute Gasteiger partial charge is 0.271 e. The van der Waals surface area contributed by atoms with E-state index in [1.54, 1.807) is 31.2 Å². The van der Waals surface area contributed by atoms with Gasteiger partial charge in [0.05, 0.1) is 23.4 Å². The molecular weight excluding hydrogens is 290 g/mol. The average Bonchev–Trinajstić information content (AvgIpc) is 2.96. The predicted octanol–water partition coefficient (Wildman–Crippen LogP) is 2.84. The quantitative estimate of drug-likeness (QED) is 0.924. The summed E-state index contributed by atoms with van der Waals surface area (Å²) in [5.74, 6) is -0.134. The van der Waals surface area contributed by atoms with Gasteiger partial charge in [-0.2, -0.15) is 5.10 Å². The fourth-order valence-corrected chi connectivity index (χ4v) is 2.21. The number of amides is 1. The minimum atomic E-state index is -0.134. The van der Waals surface area contributed by atoms with Gasteiger partial charge in [-0.15, -0.1) is 0 Å². The molecule has 2 rings (SSSR count). The van der Waals surface area contributed by atoms with Crippen molar-refractivity contribution in [3.8, 4) is 11.3 Å². The van der Waals surface area contributed by atoms with Crippen molar-refractivity contribution in [3.05, 3.63) is 41.0 Å². The van der Waals surface area contributed by atoms with Crippen LogP contribution in [0.15, 0.2) is 30.3 Å². The van der Waals surface area contributed by atoms with Crippen molar-refractivity contribution >= 4 is 17.5 Å². The number of H-pyrrole nitrogens is 1. The maximum Gasteiger partial charge on any atom is 0.271 e. The molecule has 0 fully saturated rings. The Labute approximate surface area is 128 Å².